The minimum absolute atomic E-state index is 0.281. The maximum atomic E-state index is 12.4. The van der Waals surface area contributed by atoms with Crippen molar-refractivity contribution in [3.63, 3.8) is 0 Å². The molecule has 0 saturated heterocycles. The van der Waals surface area contributed by atoms with Gasteiger partial charge in [0.2, 0.25) is 0 Å². The predicted octanol–water partition coefficient (Wildman–Crippen LogP) is 4.17. The zero-order valence-electron chi connectivity index (χ0n) is 14.9. The summed E-state index contributed by atoms with van der Waals surface area (Å²) in [6.45, 7) is 2.05. The van der Waals surface area contributed by atoms with Gasteiger partial charge in [-0.15, -0.1) is 0 Å². The number of anilines is 2. The summed E-state index contributed by atoms with van der Waals surface area (Å²) in [4.78, 5) is 16.8. The highest BCUT2D eigenvalue weighted by Crippen LogP contribution is 2.36. The summed E-state index contributed by atoms with van der Waals surface area (Å²) in [5.41, 5.74) is 2.33. The van der Waals surface area contributed by atoms with Crippen LogP contribution in [-0.2, 0) is 4.74 Å². The highest BCUT2D eigenvalue weighted by atomic mass is 16.5. The van der Waals surface area contributed by atoms with Gasteiger partial charge in [-0.2, -0.15) is 0 Å². The number of methoxy groups -OCH3 is 2. The topological polar surface area (TPSA) is 69.7 Å². The van der Waals surface area contributed by atoms with Crippen molar-refractivity contribution in [1.82, 2.24) is 4.98 Å². The van der Waals surface area contributed by atoms with Crippen LogP contribution in [0.2, 0.25) is 0 Å². The van der Waals surface area contributed by atoms with Gasteiger partial charge in [-0.25, -0.2) is 4.79 Å². The fraction of sp³-hybridized carbons (Fsp3) is 0.200. The van der Waals surface area contributed by atoms with E-state index in [9.17, 15) is 4.79 Å². The molecule has 26 heavy (non-hydrogen) atoms. The molecule has 1 N–H and O–H groups in total. The van der Waals surface area contributed by atoms with Gasteiger partial charge in [-0.1, -0.05) is 24.3 Å². The summed E-state index contributed by atoms with van der Waals surface area (Å²) in [6, 6.07) is 13.0. The number of esters is 1. The van der Waals surface area contributed by atoms with Crippen molar-refractivity contribution in [2.75, 3.05) is 26.1 Å². The van der Waals surface area contributed by atoms with Gasteiger partial charge in [-0.3, -0.25) is 4.98 Å². The third kappa shape index (κ3) is 3.26. The van der Waals surface area contributed by atoms with Gasteiger partial charge in [0.15, 0.2) is 0 Å². The second-order valence-electron chi connectivity index (χ2n) is 5.45. The average Bonchev–Trinajstić information content (AvgIpc) is 2.68. The molecule has 0 unspecified atom stereocenters. The number of hydrogen-bond acceptors (Lipinski definition) is 6. The van der Waals surface area contributed by atoms with Gasteiger partial charge >= 0.3 is 5.97 Å². The molecule has 0 aliphatic heterocycles. The first-order chi connectivity index (χ1) is 12.7. The number of carbonyl (C=O) groups is 1. The number of nitrogens with one attached hydrogen (secondary N) is 1. The van der Waals surface area contributed by atoms with Crippen molar-refractivity contribution in [1.29, 1.82) is 0 Å². The maximum Gasteiger partial charge on any atom is 0.341 e. The van der Waals surface area contributed by atoms with E-state index in [4.69, 9.17) is 14.2 Å². The smallest absolute Gasteiger partial charge is 0.341 e. The molecular formula is C20H20N2O4. The summed E-state index contributed by atoms with van der Waals surface area (Å²) in [5, 5.41) is 4.06. The SMILES string of the molecule is CCOC(=O)c1cnc2c(OC)cccc2c1Nc1ccccc1OC. The number of benzene rings is 2. The molecule has 134 valence electrons. The van der Waals surface area contributed by atoms with Crippen molar-refractivity contribution in [3.05, 3.63) is 54.2 Å². The van der Waals surface area contributed by atoms with Crippen LogP contribution in [0.4, 0.5) is 11.4 Å². The van der Waals surface area contributed by atoms with E-state index in [1.54, 1.807) is 21.1 Å². The molecule has 0 amide bonds. The minimum Gasteiger partial charge on any atom is -0.495 e. The Morgan fingerprint density at radius 1 is 1.04 bits per heavy atom. The molecule has 0 fully saturated rings. The molecule has 6 nitrogen and oxygen atoms in total. The summed E-state index contributed by atoms with van der Waals surface area (Å²) in [6.07, 6.45) is 1.50. The summed E-state index contributed by atoms with van der Waals surface area (Å²) < 4.78 is 16.0. The molecule has 0 bridgehead atoms. The quantitative estimate of drug-likeness (QED) is 0.672. The summed E-state index contributed by atoms with van der Waals surface area (Å²) >= 11 is 0. The van der Waals surface area contributed by atoms with E-state index in [1.807, 2.05) is 42.5 Å². The largest absolute Gasteiger partial charge is 0.495 e. The Hall–Kier alpha value is -3.28. The van der Waals surface area contributed by atoms with E-state index >= 15 is 0 Å². The van der Waals surface area contributed by atoms with E-state index in [1.165, 1.54) is 6.20 Å². The first kappa shape index (κ1) is 17.5. The van der Waals surface area contributed by atoms with Crippen LogP contribution in [0.3, 0.4) is 0 Å². The van der Waals surface area contributed by atoms with Gasteiger partial charge in [0, 0.05) is 11.6 Å². The standard InChI is InChI=1S/C20H20N2O4/c1-4-26-20(23)14-12-21-19-13(8-7-11-17(19)25-3)18(14)22-15-9-5-6-10-16(15)24-2/h5-12H,4H2,1-3H3,(H,21,22). The summed E-state index contributed by atoms with van der Waals surface area (Å²) in [5.74, 6) is 0.846. The lowest BCUT2D eigenvalue weighted by Gasteiger charge is -2.16. The molecular weight excluding hydrogens is 332 g/mol. The zero-order chi connectivity index (χ0) is 18.5. The molecule has 3 aromatic rings. The van der Waals surface area contributed by atoms with Gasteiger partial charge in [-0.05, 0) is 25.1 Å². The van der Waals surface area contributed by atoms with Crippen molar-refractivity contribution >= 4 is 28.2 Å². The van der Waals surface area contributed by atoms with Crippen LogP contribution < -0.4 is 14.8 Å². The minimum atomic E-state index is -0.442. The first-order valence-electron chi connectivity index (χ1n) is 8.22. The van der Waals surface area contributed by atoms with E-state index in [0.717, 1.165) is 11.1 Å². The Labute approximate surface area is 151 Å². The third-order valence-electron chi connectivity index (χ3n) is 3.94. The number of aromatic nitrogens is 1. The fourth-order valence-corrected chi connectivity index (χ4v) is 2.74. The summed E-state index contributed by atoms with van der Waals surface area (Å²) in [7, 11) is 3.18. The van der Waals surface area contributed by atoms with E-state index < -0.39 is 5.97 Å². The number of fused-ring (bicyclic) bond motifs is 1. The first-order valence-corrected chi connectivity index (χ1v) is 8.22. The van der Waals surface area contributed by atoms with Crippen LogP contribution in [0.15, 0.2) is 48.7 Å². The van der Waals surface area contributed by atoms with E-state index in [-0.39, 0.29) is 6.61 Å². The highest BCUT2D eigenvalue weighted by Gasteiger charge is 2.19. The Kier molecular flexibility index (Phi) is 5.22. The lowest BCUT2D eigenvalue weighted by atomic mass is 10.1. The molecule has 0 saturated carbocycles. The molecule has 0 spiro atoms. The van der Waals surface area contributed by atoms with Crippen molar-refractivity contribution < 1.29 is 19.0 Å². The monoisotopic (exact) mass is 352 g/mol. The predicted molar refractivity (Wildman–Crippen MR) is 101 cm³/mol. The van der Waals surface area contributed by atoms with Crippen LogP contribution in [0.5, 0.6) is 11.5 Å². The maximum absolute atomic E-state index is 12.4. The van der Waals surface area contributed by atoms with E-state index in [2.05, 4.69) is 10.3 Å². The number of pyridine rings is 1. The molecule has 0 atom stereocenters. The van der Waals surface area contributed by atoms with E-state index in [0.29, 0.717) is 28.3 Å². The molecule has 3 rings (SSSR count). The lowest BCUT2D eigenvalue weighted by Crippen LogP contribution is -2.09. The second kappa shape index (κ2) is 7.74. The number of nitrogens with zero attached hydrogens (tertiary/aromatic N) is 1. The van der Waals surface area contributed by atoms with Crippen LogP contribution in [-0.4, -0.2) is 31.8 Å². The van der Waals surface area contributed by atoms with Crippen molar-refractivity contribution in [2.24, 2.45) is 0 Å². The second-order valence-corrected chi connectivity index (χ2v) is 5.45. The third-order valence-corrected chi connectivity index (χ3v) is 3.94. The van der Waals surface area contributed by atoms with Gasteiger partial charge < -0.3 is 19.5 Å². The Morgan fingerprint density at radius 3 is 2.50 bits per heavy atom. The number of hydrogen-bond donors (Lipinski definition) is 1. The van der Waals surface area contributed by atoms with Crippen molar-refractivity contribution in [3.8, 4) is 11.5 Å². The van der Waals surface area contributed by atoms with Crippen LogP contribution >= 0.6 is 0 Å². The van der Waals surface area contributed by atoms with Gasteiger partial charge in [0.25, 0.3) is 0 Å². The number of ether oxygens (including phenoxy) is 3. The average molecular weight is 352 g/mol. The van der Waals surface area contributed by atoms with Gasteiger partial charge in [0.1, 0.15) is 22.6 Å². The Morgan fingerprint density at radius 2 is 1.77 bits per heavy atom. The Bertz CT molecular complexity index is 940. The fourth-order valence-electron chi connectivity index (χ4n) is 2.74. The molecule has 2 aromatic carbocycles. The number of carbonyl (C=O) groups excluding carboxylic acids is 1. The van der Waals surface area contributed by atoms with Crippen LogP contribution in [0.25, 0.3) is 10.9 Å². The Balaban J connectivity index is 2.21. The van der Waals surface area contributed by atoms with Crippen LogP contribution in [0.1, 0.15) is 17.3 Å². The molecule has 6 heteroatoms. The van der Waals surface area contributed by atoms with Crippen molar-refractivity contribution in [2.45, 2.75) is 6.92 Å². The molecule has 0 aliphatic rings. The highest BCUT2D eigenvalue weighted by molar-refractivity contribution is 6.07. The zero-order valence-corrected chi connectivity index (χ0v) is 14.9. The molecule has 0 radical (unpaired) electrons. The lowest BCUT2D eigenvalue weighted by molar-refractivity contribution is 0.0527. The molecule has 0 aliphatic carbocycles. The van der Waals surface area contributed by atoms with Crippen LogP contribution in [0, 0.1) is 0 Å². The van der Waals surface area contributed by atoms with Gasteiger partial charge in [0.05, 0.1) is 32.2 Å². The molecule has 1 aromatic heterocycles. The number of para-hydroxylation sites is 3. The molecule has 1 heterocycles. The number of rotatable bonds is 6. The normalized spacial score (nSPS) is 10.4.